The average Bonchev–Trinajstić information content (AvgIpc) is 3.21. The summed E-state index contributed by atoms with van der Waals surface area (Å²) in [6.07, 6.45) is 2.54. The molecule has 0 saturated carbocycles. The van der Waals surface area contributed by atoms with Gasteiger partial charge in [-0.3, -0.25) is 4.79 Å². The van der Waals surface area contributed by atoms with Crippen molar-refractivity contribution in [3.05, 3.63) is 71.1 Å². The molecular formula is C23H27N3O3S. The molecule has 0 spiro atoms. The van der Waals surface area contributed by atoms with E-state index in [1.165, 1.54) is 17.3 Å². The fourth-order valence-electron chi connectivity index (χ4n) is 3.17. The average molecular weight is 426 g/mol. The maximum Gasteiger partial charge on any atom is 0.277 e. The Morgan fingerprint density at radius 1 is 1.17 bits per heavy atom. The molecule has 2 aromatic carbocycles. The van der Waals surface area contributed by atoms with Crippen LogP contribution < -0.4 is 10.1 Å². The standard InChI is InChI=1S/C23H27N3O3S/c1-16-14-18(12-13-20(16)28-3)8-7-11-22-25-26-23(29-22)30-15-21(27)24-17(2)19-9-5-4-6-10-19/h4-6,9-10,12-14,17H,7-8,11,15H2,1-3H3,(H,24,27)/t17-/m0/s1. The summed E-state index contributed by atoms with van der Waals surface area (Å²) in [5.41, 5.74) is 3.46. The van der Waals surface area contributed by atoms with Gasteiger partial charge in [0, 0.05) is 6.42 Å². The molecule has 0 saturated heterocycles. The lowest BCUT2D eigenvalue weighted by Gasteiger charge is -2.13. The quantitative estimate of drug-likeness (QED) is 0.481. The molecular weight excluding hydrogens is 398 g/mol. The van der Waals surface area contributed by atoms with E-state index in [2.05, 4.69) is 27.6 Å². The van der Waals surface area contributed by atoms with E-state index < -0.39 is 0 Å². The van der Waals surface area contributed by atoms with Gasteiger partial charge in [0.05, 0.1) is 18.9 Å². The lowest BCUT2D eigenvalue weighted by atomic mass is 10.1. The molecule has 0 fully saturated rings. The van der Waals surface area contributed by atoms with Crippen LogP contribution in [0, 0.1) is 6.92 Å². The Morgan fingerprint density at radius 2 is 1.97 bits per heavy atom. The molecule has 1 aromatic heterocycles. The molecule has 158 valence electrons. The first-order chi connectivity index (χ1) is 14.5. The topological polar surface area (TPSA) is 77.2 Å². The summed E-state index contributed by atoms with van der Waals surface area (Å²) in [4.78, 5) is 12.2. The number of carbonyl (C=O) groups excluding carboxylic acids is 1. The molecule has 3 aromatic rings. The molecule has 30 heavy (non-hydrogen) atoms. The number of nitrogens with one attached hydrogen (secondary N) is 1. The minimum Gasteiger partial charge on any atom is -0.496 e. The Labute approximate surface area is 181 Å². The van der Waals surface area contributed by atoms with Gasteiger partial charge in [0.15, 0.2) is 0 Å². The van der Waals surface area contributed by atoms with E-state index >= 15 is 0 Å². The Hall–Kier alpha value is -2.80. The number of methoxy groups -OCH3 is 1. The second-order valence-electron chi connectivity index (χ2n) is 7.11. The lowest BCUT2D eigenvalue weighted by molar-refractivity contribution is -0.119. The summed E-state index contributed by atoms with van der Waals surface area (Å²) < 4.78 is 11.0. The van der Waals surface area contributed by atoms with Crippen molar-refractivity contribution in [3.63, 3.8) is 0 Å². The monoisotopic (exact) mass is 425 g/mol. The number of nitrogens with zero attached hydrogens (tertiary/aromatic N) is 2. The van der Waals surface area contributed by atoms with E-state index in [0.29, 0.717) is 17.5 Å². The summed E-state index contributed by atoms with van der Waals surface area (Å²) >= 11 is 1.26. The molecule has 3 rings (SSSR count). The highest BCUT2D eigenvalue weighted by Crippen LogP contribution is 2.21. The molecule has 0 aliphatic heterocycles. The minimum absolute atomic E-state index is 0.0425. The van der Waals surface area contributed by atoms with E-state index in [0.717, 1.165) is 29.7 Å². The molecule has 0 bridgehead atoms. The Bertz CT molecular complexity index is 959. The third kappa shape index (κ3) is 6.35. The number of carbonyl (C=O) groups is 1. The molecule has 0 unspecified atom stereocenters. The van der Waals surface area contributed by atoms with E-state index in [4.69, 9.17) is 9.15 Å². The molecule has 0 aliphatic rings. The van der Waals surface area contributed by atoms with Gasteiger partial charge in [0.25, 0.3) is 5.22 Å². The lowest BCUT2D eigenvalue weighted by Crippen LogP contribution is -2.28. The second-order valence-corrected chi connectivity index (χ2v) is 8.03. The van der Waals surface area contributed by atoms with Crippen LogP contribution in [0.25, 0.3) is 0 Å². The summed E-state index contributed by atoms with van der Waals surface area (Å²) in [6.45, 7) is 4.01. The maximum absolute atomic E-state index is 12.2. The van der Waals surface area contributed by atoms with Crippen LogP contribution in [0.3, 0.4) is 0 Å². The first kappa shape index (κ1) is 21.9. The highest BCUT2D eigenvalue weighted by molar-refractivity contribution is 7.99. The number of ether oxygens (including phenoxy) is 1. The van der Waals surface area contributed by atoms with E-state index in [1.54, 1.807) is 7.11 Å². The predicted molar refractivity (Wildman–Crippen MR) is 118 cm³/mol. The Morgan fingerprint density at radius 3 is 2.70 bits per heavy atom. The summed E-state index contributed by atoms with van der Waals surface area (Å²) in [5.74, 6) is 1.68. The van der Waals surface area contributed by atoms with Crippen LogP contribution in [0.2, 0.25) is 0 Å². The van der Waals surface area contributed by atoms with Crippen LogP contribution in [-0.2, 0) is 17.6 Å². The van der Waals surface area contributed by atoms with Crippen molar-refractivity contribution < 1.29 is 13.9 Å². The van der Waals surface area contributed by atoms with Crippen LogP contribution in [0.15, 0.2) is 58.2 Å². The van der Waals surface area contributed by atoms with Gasteiger partial charge in [-0.25, -0.2) is 0 Å². The molecule has 1 N–H and O–H groups in total. The smallest absolute Gasteiger partial charge is 0.277 e. The number of amides is 1. The summed E-state index contributed by atoms with van der Waals surface area (Å²) in [6, 6.07) is 16.0. The van der Waals surface area contributed by atoms with Crippen molar-refractivity contribution in [2.45, 2.75) is 44.4 Å². The summed E-state index contributed by atoms with van der Waals surface area (Å²) in [7, 11) is 1.68. The predicted octanol–water partition coefficient (Wildman–Crippen LogP) is 4.53. The number of aryl methyl sites for hydroxylation is 3. The van der Waals surface area contributed by atoms with Crippen LogP contribution >= 0.6 is 11.8 Å². The number of hydrogen-bond donors (Lipinski definition) is 1. The van der Waals surface area contributed by atoms with Crippen molar-refractivity contribution in [2.75, 3.05) is 12.9 Å². The maximum atomic E-state index is 12.2. The number of aromatic nitrogens is 2. The van der Waals surface area contributed by atoms with Crippen molar-refractivity contribution in [2.24, 2.45) is 0 Å². The number of benzene rings is 2. The Kier molecular flexibility index (Phi) is 7.90. The second kappa shape index (κ2) is 10.8. The number of rotatable bonds is 10. The summed E-state index contributed by atoms with van der Waals surface area (Å²) in [5, 5.41) is 11.5. The van der Waals surface area contributed by atoms with Gasteiger partial charge in [-0.15, -0.1) is 10.2 Å². The number of hydrogen-bond acceptors (Lipinski definition) is 6. The van der Waals surface area contributed by atoms with Gasteiger partial charge < -0.3 is 14.5 Å². The fraction of sp³-hybridized carbons (Fsp3) is 0.348. The zero-order chi connectivity index (χ0) is 21.3. The molecule has 0 radical (unpaired) electrons. The van der Waals surface area contributed by atoms with E-state index in [1.807, 2.05) is 50.2 Å². The van der Waals surface area contributed by atoms with Gasteiger partial charge in [-0.2, -0.15) is 0 Å². The fourth-order valence-corrected chi connectivity index (χ4v) is 3.76. The molecule has 1 heterocycles. The van der Waals surface area contributed by atoms with Gasteiger partial charge in [-0.1, -0.05) is 54.2 Å². The van der Waals surface area contributed by atoms with Crippen LogP contribution in [0.5, 0.6) is 5.75 Å². The first-order valence-electron chi connectivity index (χ1n) is 9.98. The zero-order valence-electron chi connectivity index (χ0n) is 17.6. The van der Waals surface area contributed by atoms with Crippen molar-refractivity contribution >= 4 is 17.7 Å². The van der Waals surface area contributed by atoms with Crippen LogP contribution in [-0.4, -0.2) is 29.0 Å². The number of thioether (sulfide) groups is 1. The minimum atomic E-state index is -0.0639. The van der Waals surface area contributed by atoms with Crippen molar-refractivity contribution in [3.8, 4) is 5.75 Å². The van der Waals surface area contributed by atoms with Gasteiger partial charge >= 0.3 is 0 Å². The highest BCUT2D eigenvalue weighted by atomic mass is 32.2. The van der Waals surface area contributed by atoms with Gasteiger partial charge in [0.2, 0.25) is 11.8 Å². The molecule has 6 nitrogen and oxygen atoms in total. The van der Waals surface area contributed by atoms with Crippen molar-refractivity contribution in [1.29, 1.82) is 0 Å². The largest absolute Gasteiger partial charge is 0.496 e. The van der Waals surface area contributed by atoms with Crippen molar-refractivity contribution in [1.82, 2.24) is 15.5 Å². The van der Waals surface area contributed by atoms with E-state index in [-0.39, 0.29) is 17.7 Å². The van der Waals surface area contributed by atoms with Crippen LogP contribution in [0.1, 0.15) is 42.0 Å². The molecule has 0 aliphatic carbocycles. The molecule has 7 heteroatoms. The first-order valence-corrected chi connectivity index (χ1v) is 11.0. The molecule has 1 atom stereocenters. The van der Waals surface area contributed by atoms with Gasteiger partial charge in [0.1, 0.15) is 5.75 Å². The zero-order valence-corrected chi connectivity index (χ0v) is 18.4. The third-order valence-electron chi connectivity index (χ3n) is 4.77. The SMILES string of the molecule is COc1ccc(CCCc2nnc(SCC(=O)N[C@@H](C)c3ccccc3)o2)cc1C. The van der Waals surface area contributed by atoms with Gasteiger partial charge in [-0.05, 0) is 49.4 Å². The van der Waals surface area contributed by atoms with E-state index in [9.17, 15) is 4.79 Å². The highest BCUT2D eigenvalue weighted by Gasteiger charge is 2.13. The molecule has 1 amide bonds. The van der Waals surface area contributed by atoms with Crippen LogP contribution in [0.4, 0.5) is 0 Å². The third-order valence-corrected chi connectivity index (χ3v) is 5.59. The Balaban J connectivity index is 1.40. The normalized spacial score (nSPS) is 11.8.